The van der Waals surface area contributed by atoms with Crippen LogP contribution in [-0.2, 0) is 9.53 Å². The van der Waals surface area contributed by atoms with Crippen LogP contribution in [0.15, 0.2) is 17.1 Å². The summed E-state index contributed by atoms with van der Waals surface area (Å²) >= 11 is 0. The van der Waals surface area contributed by atoms with E-state index in [1.54, 1.807) is 6.08 Å². The number of fused-ring (bicyclic) bond motifs is 3. The Morgan fingerprint density at radius 3 is 3.35 bits per heavy atom. The maximum absolute atomic E-state index is 11.6. The minimum absolute atomic E-state index is 0.162. The topological polar surface area (TPSA) is 41.9 Å². The molecule has 0 radical (unpaired) electrons. The third kappa shape index (κ3) is 1.62. The smallest absolute Gasteiger partial charge is 0.157 e. The van der Waals surface area contributed by atoms with Gasteiger partial charge in [0.05, 0.1) is 18.4 Å². The molecule has 1 saturated heterocycles. The summed E-state index contributed by atoms with van der Waals surface area (Å²) in [5, 5.41) is 0. The van der Waals surface area contributed by atoms with Crippen LogP contribution in [0.3, 0.4) is 0 Å². The Morgan fingerprint density at radius 2 is 2.53 bits per heavy atom. The second-order valence-corrected chi connectivity index (χ2v) is 4.90. The molecule has 3 aliphatic rings. The lowest BCUT2D eigenvalue weighted by molar-refractivity contribution is -0.122. The highest BCUT2D eigenvalue weighted by molar-refractivity contribution is 5.93. The van der Waals surface area contributed by atoms with Gasteiger partial charge in [0.15, 0.2) is 5.78 Å². The summed E-state index contributed by atoms with van der Waals surface area (Å²) in [5.41, 5.74) is -0.258. The average Bonchev–Trinajstić information content (AvgIpc) is 2.79. The number of nitrogens with zero attached hydrogens (tertiary/aromatic N) is 2. The average molecular weight is 234 g/mol. The van der Waals surface area contributed by atoms with Crippen LogP contribution in [0.4, 0.5) is 0 Å². The molecule has 92 valence electrons. The first-order chi connectivity index (χ1) is 8.25. The summed E-state index contributed by atoms with van der Waals surface area (Å²) in [4.78, 5) is 18.5. The number of ketones is 1. The van der Waals surface area contributed by atoms with E-state index in [1.807, 2.05) is 13.0 Å². The highest BCUT2D eigenvalue weighted by atomic mass is 16.5. The predicted molar refractivity (Wildman–Crippen MR) is 65.2 cm³/mol. The third-order valence-corrected chi connectivity index (χ3v) is 4.01. The summed E-state index contributed by atoms with van der Waals surface area (Å²) in [6.07, 6.45) is 6.17. The number of amidine groups is 1. The van der Waals surface area contributed by atoms with Crippen LogP contribution >= 0.6 is 0 Å². The van der Waals surface area contributed by atoms with E-state index in [0.29, 0.717) is 13.0 Å². The van der Waals surface area contributed by atoms with Crippen LogP contribution < -0.4 is 0 Å². The summed E-state index contributed by atoms with van der Waals surface area (Å²) in [5.74, 6) is 1.38. The van der Waals surface area contributed by atoms with Crippen LogP contribution in [0.2, 0.25) is 0 Å². The molecule has 0 saturated carbocycles. The molecule has 0 unspecified atom stereocenters. The van der Waals surface area contributed by atoms with Gasteiger partial charge < -0.3 is 9.64 Å². The highest BCUT2D eigenvalue weighted by Gasteiger charge is 2.49. The van der Waals surface area contributed by atoms with E-state index in [4.69, 9.17) is 4.74 Å². The number of ether oxygens (including phenoxy) is 1. The fourth-order valence-corrected chi connectivity index (χ4v) is 3.26. The van der Waals surface area contributed by atoms with Crippen molar-refractivity contribution in [1.82, 2.24) is 4.90 Å². The number of rotatable bonds is 2. The van der Waals surface area contributed by atoms with Crippen molar-refractivity contribution in [3.8, 4) is 0 Å². The minimum atomic E-state index is -0.258. The first kappa shape index (κ1) is 11.0. The van der Waals surface area contributed by atoms with E-state index < -0.39 is 0 Å². The van der Waals surface area contributed by atoms with Crippen LogP contribution in [0.1, 0.15) is 26.2 Å². The molecule has 2 heterocycles. The molecule has 0 N–H and O–H groups in total. The van der Waals surface area contributed by atoms with Crippen molar-refractivity contribution in [3.63, 3.8) is 0 Å². The van der Waals surface area contributed by atoms with Crippen LogP contribution in [0.5, 0.6) is 0 Å². The molecule has 3 rings (SSSR count). The SMILES string of the molecule is CCO[C@@]12C=CC(=O)C[C@@H]1N1CCN=C1CC2. The first-order valence-corrected chi connectivity index (χ1v) is 6.41. The maximum atomic E-state index is 11.6. The van der Waals surface area contributed by atoms with Gasteiger partial charge >= 0.3 is 0 Å². The molecule has 2 aliphatic heterocycles. The van der Waals surface area contributed by atoms with Gasteiger partial charge in [0, 0.05) is 26.0 Å². The van der Waals surface area contributed by atoms with E-state index in [2.05, 4.69) is 9.89 Å². The van der Waals surface area contributed by atoms with Gasteiger partial charge in [-0.15, -0.1) is 0 Å². The summed E-state index contributed by atoms with van der Waals surface area (Å²) < 4.78 is 6.00. The molecule has 4 heteroatoms. The van der Waals surface area contributed by atoms with Crippen molar-refractivity contribution < 1.29 is 9.53 Å². The maximum Gasteiger partial charge on any atom is 0.157 e. The molecular formula is C13H18N2O2. The Morgan fingerprint density at radius 1 is 1.65 bits per heavy atom. The first-order valence-electron chi connectivity index (χ1n) is 6.41. The van der Waals surface area contributed by atoms with Crippen molar-refractivity contribution in [3.05, 3.63) is 12.2 Å². The zero-order valence-electron chi connectivity index (χ0n) is 10.2. The van der Waals surface area contributed by atoms with Crippen LogP contribution in [0.25, 0.3) is 0 Å². The number of carbonyl (C=O) groups is 1. The van der Waals surface area contributed by atoms with E-state index in [-0.39, 0.29) is 17.4 Å². The summed E-state index contributed by atoms with van der Waals surface area (Å²) in [6, 6.07) is 0.162. The molecule has 1 fully saturated rings. The minimum Gasteiger partial charge on any atom is -0.369 e. The van der Waals surface area contributed by atoms with Gasteiger partial charge in [-0.2, -0.15) is 0 Å². The molecule has 0 aromatic heterocycles. The number of aliphatic imine (C=N–C) groups is 1. The molecule has 0 spiro atoms. The second kappa shape index (κ2) is 3.95. The predicted octanol–water partition coefficient (Wildman–Crippen LogP) is 1.17. The van der Waals surface area contributed by atoms with E-state index in [0.717, 1.165) is 25.9 Å². The fraction of sp³-hybridized carbons (Fsp3) is 0.692. The van der Waals surface area contributed by atoms with Crippen molar-refractivity contribution in [2.75, 3.05) is 19.7 Å². The number of allylic oxidation sites excluding steroid dienone is 1. The molecule has 1 aliphatic carbocycles. The third-order valence-electron chi connectivity index (χ3n) is 4.01. The normalized spacial score (nSPS) is 35.6. The summed E-state index contributed by atoms with van der Waals surface area (Å²) in [6.45, 7) is 4.51. The van der Waals surface area contributed by atoms with Crippen LogP contribution in [-0.4, -0.2) is 47.9 Å². The summed E-state index contributed by atoms with van der Waals surface area (Å²) in [7, 11) is 0. The highest BCUT2D eigenvalue weighted by Crippen LogP contribution is 2.39. The van der Waals surface area contributed by atoms with Gasteiger partial charge in [-0.05, 0) is 25.5 Å². The number of hydrogen-bond donors (Lipinski definition) is 0. The van der Waals surface area contributed by atoms with Gasteiger partial charge in [0.1, 0.15) is 5.60 Å². The Hall–Kier alpha value is -1.16. The lowest BCUT2D eigenvalue weighted by Gasteiger charge is -2.49. The Balaban J connectivity index is 1.96. The number of carbonyl (C=O) groups excluding carboxylic acids is 1. The molecule has 0 aromatic carbocycles. The second-order valence-electron chi connectivity index (χ2n) is 4.90. The molecule has 0 aromatic rings. The van der Waals surface area contributed by atoms with Gasteiger partial charge in [0.2, 0.25) is 0 Å². The molecule has 2 atom stereocenters. The fourth-order valence-electron chi connectivity index (χ4n) is 3.26. The van der Waals surface area contributed by atoms with Gasteiger partial charge in [-0.1, -0.05) is 0 Å². The van der Waals surface area contributed by atoms with Crippen LogP contribution in [0, 0.1) is 0 Å². The Kier molecular flexibility index (Phi) is 2.54. The van der Waals surface area contributed by atoms with Crippen molar-refractivity contribution in [1.29, 1.82) is 0 Å². The number of piperidine rings is 1. The largest absolute Gasteiger partial charge is 0.369 e. The monoisotopic (exact) mass is 234 g/mol. The van der Waals surface area contributed by atoms with Crippen molar-refractivity contribution >= 4 is 11.6 Å². The van der Waals surface area contributed by atoms with Gasteiger partial charge in [0.25, 0.3) is 0 Å². The Labute approximate surface area is 101 Å². The van der Waals surface area contributed by atoms with Gasteiger partial charge in [-0.25, -0.2) is 0 Å². The lowest BCUT2D eigenvalue weighted by Crippen LogP contribution is -2.60. The Bertz CT molecular complexity index is 402. The zero-order chi connectivity index (χ0) is 11.9. The quantitative estimate of drug-likeness (QED) is 0.720. The van der Waals surface area contributed by atoms with Crippen molar-refractivity contribution in [2.45, 2.75) is 37.8 Å². The lowest BCUT2D eigenvalue weighted by atomic mass is 9.77. The van der Waals surface area contributed by atoms with Crippen molar-refractivity contribution in [2.24, 2.45) is 4.99 Å². The standard InChI is InChI=1S/C13H18N2O2/c1-2-17-13-5-3-10(16)9-11(13)15-8-7-14-12(15)4-6-13/h3,5,11H,2,4,6-9H2,1H3/t11-,13+/m0/s1. The molecule has 4 nitrogen and oxygen atoms in total. The molecule has 0 bridgehead atoms. The zero-order valence-corrected chi connectivity index (χ0v) is 10.2. The molecular weight excluding hydrogens is 216 g/mol. The van der Waals surface area contributed by atoms with E-state index in [9.17, 15) is 4.79 Å². The molecule has 0 amide bonds. The van der Waals surface area contributed by atoms with E-state index >= 15 is 0 Å². The number of hydrogen-bond acceptors (Lipinski definition) is 4. The van der Waals surface area contributed by atoms with E-state index in [1.165, 1.54) is 5.84 Å². The molecule has 17 heavy (non-hydrogen) atoms. The van der Waals surface area contributed by atoms with Gasteiger partial charge in [-0.3, -0.25) is 9.79 Å².